The van der Waals surface area contributed by atoms with E-state index in [-0.39, 0.29) is 11.5 Å². The summed E-state index contributed by atoms with van der Waals surface area (Å²) >= 11 is 0. The molecule has 2 nitrogen and oxygen atoms in total. The second-order valence-electron chi connectivity index (χ2n) is 2.38. The van der Waals surface area contributed by atoms with E-state index in [4.69, 9.17) is 0 Å². The van der Waals surface area contributed by atoms with Crippen LogP contribution in [0.3, 0.4) is 0 Å². The van der Waals surface area contributed by atoms with Crippen molar-refractivity contribution < 1.29 is 9.90 Å². The van der Waals surface area contributed by atoms with Gasteiger partial charge in [-0.15, -0.1) is 0 Å². The van der Waals surface area contributed by atoms with Gasteiger partial charge in [-0.2, -0.15) is 0 Å². The molecule has 0 aromatic heterocycles. The second-order valence-corrected chi connectivity index (χ2v) is 2.38. The highest BCUT2D eigenvalue weighted by atomic mass is 16.3. The van der Waals surface area contributed by atoms with E-state index < -0.39 is 0 Å². The quantitative estimate of drug-likeness (QED) is 0.534. The topological polar surface area (TPSA) is 37.3 Å². The molecule has 0 saturated heterocycles. The number of aromatic hydroxyl groups is 1. The molecule has 0 heterocycles. The number of ketones is 1. The van der Waals surface area contributed by atoms with E-state index in [0.717, 1.165) is 0 Å². The minimum atomic E-state index is -0.171. The van der Waals surface area contributed by atoms with Crippen LogP contribution in [0.4, 0.5) is 0 Å². The predicted molar refractivity (Wildman–Crippen MR) is 47.3 cm³/mol. The van der Waals surface area contributed by atoms with Crippen LogP contribution in [0, 0.1) is 0 Å². The first-order chi connectivity index (χ1) is 5.75. The fourth-order valence-corrected chi connectivity index (χ4v) is 0.923. The SMILES string of the molecule is CC=CC(=O)c1ccccc1O. The van der Waals surface area contributed by atoms with Gasteiger partial charge >= 0.3 is 0 Å². The lowest BCUT2D eigenvalue weighted by Gasteiger charge is -1.97. The van der Waals surface area contributed by atoms with Gasteiger partial charge in [0.15, 0.2) is 5.78 Å². The number of hydrogen-bond donors (Lipinski definition) is 1. The summed E-state index contributed by atoms with van der Waals surface area (Å²) in [5.74, 6) is -0.142. The summed E-state index contributed by atoms with van der Waals surface area (Å²) < 4.78 is 0. The number of rotatable bonds is 2. The maximum Gasteiger partial charge on any atom is 0.189 e. The minimum Gasteiger partial charge on any atom is -0.507 e. The fourth-order valence-electron chi connectivity index (χ4n) is 0.923. The second kappa shape index (κ2) is 3.72. The molecule has 1 N–H and O–H groups in total. The zero-order valence-corrected chi connectivity index (χ0v) is 6.82. The Hall–Kier alpha value is -1.57. The summed E-state index contributed by atoms with van der Waals surface area (Å²) in [6.45, 7) is 1.76. The Labute approximate surface area is 71.2 Å². The highest BCUT2D eigenvalue weighted by Crippen LogP contribution is 2.16. The average molecular weight is 162 g/mol. The van der Waals surface area contributed by atoms with Crippen LogP contribution >= 0.6 is 0 Å². The number of benzene rings is 1. The lowest BCUT2D eigenvalue weighted by molar-refractivity contribution is 0.104. The highest BCUT2D eigenvalue weighted by molar-refractivity contribution is 6.06. The monoisotopic (exact) mass is 162 g/mol. The van der Waals surface area contributed by atoms with Crippen molar-refractivity contribution in [3.8, 4) is 5.75 Å². The lowest BCUT2D eigenvalue weighted by atomic mass is 10.1. The molecule has 0 aliphatic rings. The Morgan fingerprint density at radius 1 is 1.42 bits per heavy atom. The fraction of sp³-hybridized carbons (Fsp3) is 0.100. The summed E-state index contributed by atoms with van der Waals surface area (Å²) in [7, 11) is 0. The van der Waals surface area contributed by atoms with E-state index in [2.05, 4.69) is 0 Å². The van der Waals surface area contributed by atoms with Crippen LogP contribution in [0.1, 0.15) is 17.3 Å². The first-order valence-electron chi connectivity index (χ1n) is 3.70. The van der Waals surface area contributed by atoms with Gasteiger partial charge in [0.1, 0.15) is 5.75 Å². The van der Waals surface area contributed by atoms with E-state index >= 15 is 0 Å². The van der Waals surface area contributed by atoms with Gasteiger partial charge < -0.3 is 5.11 Å². The molecule has 0 bridgehead atoms. The number of phenolic OH excluding ortho intramolecular Hbond substituents is 1. The Bertz CT molecular complexity index is 313. The molecule has 0 spiro atoms. The Kier molecular flexibility index (Phi) is 2.64. The van der Waals surface area contributed by atoms with Gasteiger partial charge in [0.05, 0.1) is 5.56 Å². The molecule has 0 unspecified atom stereocenters. The molecule has 0 radical (unpaired) electrons. The summed E-state index contributed by atoms with van der Waals surface area (Å²) in [6, 6.07) is 6.49. The molecule has 12 heavy (non-hydrogen) atoms. The summed E-state index contributed by atoms with van der Waals surface area (Å²) in [5.41, 5.74) is 0.343. The number of para-hydroxylation sites is 1. The van der Waals surface area contributed by atoms with Crippen molar-refractivity contribution in [3.63, 3.8) is 0 Å². The predicted octanol–water partition coefficient (Wildman–Crippen LogP) is 2.15. The first kappa shape index (κ1) is 8.53. The molecule has 62 valence electrons. The minimum absolute atomic E-state index is 0.0283. The van der Waals surface area contributed by atoms with Gasteiger partial charge in [0.25, 0.3) is 0 Å². The third kappa shape index (κ3) is 1.72. The molecule has 2 heteroatoms. The third-order valence-corrected chi connectivity index (χ3v) is 1.49. The maximum absolute atomic E-state index is 11.2. The lowest BCUT2D eigenvalue weighted by Crippen LogP contribution is -1.93. The molecular formula is C10H10O2. The van der Waals surface area contributed by atoms with Crippen molar-refractivity contribution in [3.05, 3.63) is 42.0 Å². The van der Waals surface area contributed by atoms with Crippen molar-refractivity contribution in [2.75, 3.05) is 0 Å². The summed E-state index contributed by atoms with van der Waals surface area (Å²) in [4.78, 5) is 11.2. The summed E-state index contributed by atoms with van der Waals surface area (Å²) in [5, 5.41) is 9.25. The Morgan fingerprint density at radius 3 is 2.67 bits per heavy atom. The molecule has 0 fully saturated rings. The van der Waals surface area contributed by atoms with E-state index in [1.165, 1.54) is 12.1 Å². The standard InChI is InChI=1S/C10H10O2/c1-2-5-9(11)8-6-3-4-7-10(8)12/h2-7,12H,1H3. The van der Waals surface area contributed by atoms with E-state index in [1.807, 2.05) is 0 Å². The van der Waals surface area contributed by atoms with Crippen molar-refractivity contribution in [1.82, 2.24) is 0 Å². The first-order valence-corrected chi connectivity index (χ1v) is 3.70. The number of carbonyl (C=O) groups is 1. The highest BCUT2D eigenvalue weighted by Gasteiger charge is 2.04. The van der Waals surface area contributed by atoms with Crippen LogP contribution < -0.4 is 0 Å². The molecule has 0 aliphatic carbocycles. The zero-order valence-electron chi connectivity index (χ0n) is 6.82. The number of hydrogen-bond acceptors (Lipinski definition) is 2. The van der Waals surface area contributed by atoms with E-state index in [0.29, 0.717) is 5.56 Å². The number of carbonyl (C=O) groups excluding carboxylic acids is 1. The zero-order chi connectivity index (χ0) is 8.97. The Balaban J connectivity index is 3.03. The third-order valence-electron chi connectivity index (χ3n) is 1.49. The number of allylic oxidation sites excluding steroid dienone is 2. The van der Waals surface area contributed by atoms with E-state index in [9.17, 15) is 9.90 Å². The molecule has 1 rings (SSSR count). The van der Waals surface area contributed by atoms with Crippen LogP contribution in [-0.4, -0.2) is 10.9 Å². The molecule has 0 atom stereocenters. The molecule has 0 amide bonds. The number of phenols is 1. The van der Waals surface area contributed by atoms with Crippen LogP contribution in [0.2, 0.25) is 0 Å². The van der Waals surface area contributed by atoms with Crippen molar-refractivity contribution in [2.45, 2.75) is 6.92 Å². The van der Waals surface area contributed by atoms with E-state index in [1.54, 1.807) is 31.2 Å². The molecule has 0 saturated carbocycles. The van der Waals surface area contributed by atoms with Crippen LogP contribution in [-0.2, 0) is 0 Å². The molecular weight excluding hydrogens is 152 g/mol. The largest absolute Gasteiger partial charge is 0.507 e. The normalized spacial score (nSPS) is 10.4. The molecule has 0 aliphatic heterocycles. The van der Waals surface area contributed by atoms with Crippen LogP contribution in [0.15, 0.2) is 36.4 Å². The van der Waals surface area contributed by atoms with Gasteiger partial charge in [-0.05, 0) is 25.1 Å². The van der Waals surface area contributed by atoms with Crippen LogP contribution in [0.5, 0.6) is 5.75 Å². The summed E-state index contributed by atoms with van der Waals surface area (Å²) in [6.07, 6.45) is 3.07. The average Bonchev–Trinajstić information content (AvgIpc) is 2.05. The van der Waals surface area contributed by atoms with Crippen molar-refractivity contribution >= 4 is 5.78 Å². The maximum atomic E-state index is 11.2. The van der Waals surface area contributed by atoms with Gasteiger partial charge in [0.2, 0.25) is 0 Å². The molecule has 1 aromatic rings. The smallest absolute Gasteiger partial charge is 0.189 e. The van der Waals surface area contributed by atoms with Crippen molar-refractivity contribution in [1.29, 1.82) is 0 Å². The van der Waals surface area contributed by atoms with Gasteiger partial charge in [-0.1, -0.05) is 18.2 Å². The Morgan fingerprint density at radius 2 is 2.08 bits per heavy atom. The van der Waals surface area contributed by atoms with Crippen LogP contribution in [0.25, 0.3) is 0 Å². The van der Waals surface area contributed by atoms with Gasteiger partial charge in [-0.3, -0.25) is 4.79 Å². The van der Waals surface area contributed by atoms with Gasteiger partial charge in [0, 0.05) is 0 Å². The van der Waals surface area contributed by atoms with Gasteiger partial charge in [-0.25, -0.2) is 0 Å². The molecule has 1 aromatic carbocycles. The van der Waals surface area contributed by atoms with Crippen molar-refractivity contribution in [2.24, 2.45) is 0 Å².